The zero-order valence-corrected chi connectivity index (χ0v) is 10.9. The highest BCUT2D eigenvalue weighted by atomic mass is 19.4. The molecule has 0 radical (unpaired) electrons. The quantitative estimate of drug-likeness (QED) is 0.897. The largest absolute Gasteiger partial charge is 0.477 e. The molecule has 2 N–H and O–H groups in total. The number of aliphatic hydroxyl groups excluding tert-OH is 1. The highest BCUT2D eigenvalue weighted by molar-refractivity contribution is 5.94. The second-order valence-electron chi connectivity index (χ2n) is 5.01. The van der Waals surface area contributed by atoms with Gasteiger partial charge < -0.3 is 14.7 Å². The number of nitrogens with zero attached hydrogens (tertiary/aromatic N) is 3. The molecule has 0 aromatic carbocycles. The Morgan fingerprint density at radius 2 is 2.09 bits per heavy atom. The van der Waals surface area contributed by atoms with E-state index in [1.165, 1.54) is 0 Å². The number of carboxylic acid groups (broad SMARTS) is 1. The van der Waals surface area contributed by atoms with Crippen LogP contribution in [0.1, 0.15) is 34.9 Å². The summed E-state index contributed by atoms with van der Waals surface area (Å²) in [6, 6.07) is -0.583. The molecule has 0 saturated heterocycles. The zero-order valence-electron chi connectivity index (χ0n) is 10.9. The number of hydrogen-bond acceptors (Lipinski definition) is 5. The summed E-state index contributed by atoms with van der Waals surface area (Å²) >= 11 is 0. The third kappa shape index (κ3) is 2.25. The van der Waals surface area contributed by atoms with Crippen LogP contribution >= 0.6 is 0 Å². The van der Waals surface area contributed by atoms with Crippen molar-refractivity contribution in [2.24, 2.45) is 0 Å². The molecule has 22 heavy (non-hydrogen) atoms. The van der Waals surface area contributed by atoms with E-state index in [4.69, 9.17) is 5.11 Å². The lowest BCUT2D eigenvalue weighted by molar-refractivity contribution is -0.146. The Balaban J connectivity index is 2.12. The van der Waals surface area contributed by atoms with Gasteiger partial charge in [0.1, 0.15) is 17.5 Å². The van der Waals surface area contributed by atoms with Crippen LogP contribution in [-0.2, 0) is 6.18 Å². The van der Waals surface area contributed by atoms with E-state index >= 15 is 0 Å². The van der Waals surface area contributed by atoms with Crippen molar-refractivity contribution in [1.29, 1.82) is 0 Å². The normalized spacial score (nSPS) is 21.6. The van der Waals surface area contributed by atoms with Crippen LogP contribution in [0.3, 0.4) is 0 Å². The lowest BCUT2D eigenvalue weighted by Gasteiger charge is -2.33. The van der Waals surface area contributed by atoms with Crippen molar-refractivity contribution >= 4 is 5.97 Å². The van der Waals surface area contributed by atoms with E-state index < -0.39 is 46.8 Å². The molecule has 2 aromatic heterocycles. The maximum atomic E-state index is 13.4. The predicted octanol–water partition coefficient (Wildman–Crippen LogP) is 1.95. The van der Waals surface area contributed by atoms with Gasteiger partial charge in [-0.25, -0.2) is 4.79 Å². The van der Waals surface area contributed by atoms with Gasteiger partial charge in [-0.2, -0.15) is 18.3 Å². The second-order valence-corrected chi connectivity index (χ2v) is 5.01. The van der Waals surface area contributed by atoms with Gasteiger partial charge in [0.2, 0.25) is 0 Å². The van der Waals surface area contributed by atoms with Crippen molar-refractivity contribution in [2.75, 3.05) is 0 Å². The summed E-state index contributed by atoms with van der Waals surface area (Å²) in [5.41, 5.74) is -2.45. The number of aliphatic hydroxyl groups is 1. The highest BCUT2D eigenvalue weighted by Crippen LogP contribution is 2.42. The van der Waals surface area contributed by atoms with Crippen molar-refractivity contribution in [3.8, 4) is 11.3 Å². The van der Waals surface area contributed by atoms with Crippen molar-refractivity contribution in [3.05, 3.63) is 23.7 Å². The topological polar surface area (TPSA) is 101 Å². The smallest absolute Gasteiger partial charge is 0.433 e. The number of carboxylic acids is 1. The highest BCUT2D eigenvalue weighted by Gasteiger charge is 2.43. The minimum atomic E-state index is -4.75. The Morgan fingerprint density at radius 3 is 2.64 bits per heavy atom. The molecular weight excluding hydrogens is 307 g/mol. The Labute approximate surface area is 120 Å². The van der Waals surface area contributed by atoms with Crippen LogP contribution in [0.25, 0.3) is 11.3 Å². The molecule has 2 heterocycles. The molecule has 2 aromatic rings. The molecular formula is C12H10F3N3O4. The van der Waals surface area contributed by atoms with Crippen molar-refractivity contribution in [3.63, 3.8) is 0 Å². The summed E-state index contributed by atoms with van der Waals surface area (Å²) in [4.78, 5) is 11.0. The molecule has 1 saturated carbocycles. The molecule has 1 aliphatic carbocycles. The first-order valence-corrected chi connectivity index (χ1v) is 6.30. The SMILES string of the molecule is O=C(O)c1conc1-c1cnn(C2CC(O)C2)c1C(F)(F)F. The minimum Gasteiger partial charge on any atom is -0.477 e. The Kier molecular flexibility index (Phi) is 3.20. The molecule has 0 aliphatic heterocycles. The van der Waals surface area contributed by atoms with Gasteiger partial charge >= 0.3 is 12.1 Å². The number of rotatable bonds is 3. The second kappa shape index (κ2) is 4.83. The summed E-state index contributed by atoms with van der Waals surface area (Å²) < 4.78 is 45.3. The maximum Gasteiger partial charge on any atom is 0.433 e. The monoisotopic (exact) mass is 317 g/mol. The van der Waals surface area contributed by atoms with E-state index in [1.807, 2.05) is 0 Å². The minimum absolute atomic E-state index is 0.162. The Morgan fingerprint density at radius 1 is 1.41 bits per heavy atom. The predicted molar refractivity (Wildman–Crippen MR) is 64.0 cm³/mol. The number of aromatic carboxylic acids is 1. The number of halogens is 3. The first kappa shape index (κ1) is 14.6. The molecule has 1 aliphatic rings. The van der Waals surface area contributed by atoms with Crippen molar-refractivity contribution in [1.82, 2.24) is 14.9 Å². The molecule has 7 nitrogen and oxygen atoms in total. The van der Waals surface area contributed by atoms with E-state index in [-0.39, 0.29) is 12.8 Å². The lowest BCUT2D eigenvalue weighted by Crippen LogP contribution is -2.33. The van der Waals surface area contributed by atoms with Gasteiger partial charge in [-0.05, 0) is 12.8 Å². The van der Waals surface area contributed by atoms with Crippen LogP contribution in [0.15, 0.2) is 17.0 Å². The molecule has 1 fully saturated rings. The first-order chi connectivity index (χ1) is 10.3. The Hall–Kier alpha value is -2.36. The van der Waals surface area contributed by atoms with Crippen LogP contribution in [-0.4, -0.2) is 37.2 Å². The van der Waals surface area contributed by atoms with Crippen molar-refractivity contribution < 1.29 is 32.7 Å². The van der Waals surface area contributed by atoms with Crippen LogP contribution in [0.5, 0.6) is 0 Å². The van der Waals surface area contributed by atoms with E-state index in [2.05, 4.69) is 14.8 Å². The summed E-state index contributed by atoms with van der Waals surface area (Å²) in [7, 11) is 0. The molecule has 118 valence electrons. The van der Waals surface area contributed by atoms with E-state index in [0.29, 0.717) is 0 Å². The third-order valence-electron chi connectivity index (χ3n) is 3.55. The zero-order chi connectivity index (χ0) is 16.1. The van der Waals surface area contributed by atoms with Gasteiger partial charge in [0, 0.05) is 0 Å². The van der Waals surface area contributed by atoms with Gasteiger partial charge in [0.15, 0.2) is 5.69 Å². The van der Waals surface area contributed by atoms with E-state index in [0.717, 1.165) is 17.1 Å². The van der Waals surface area contributed by atoms with Gasteiger partial charge in [-0.15, -0.1) is 0 Å². The Bertz CT molecular complexity index is 716. The van der Waals surface area contributed by atoms with Crippen LogP contribution in [0, 0.1) is 0 Å². The maximum absolute atomic E-state index is 13.4. The molecule has 0 bridgehead atoms. The fourth-order valence-corrected chi connectivity index (χ4v) is 2.44. The summed E-state index contributed by atoms with van der Waals surface area (Å²) in [6.45, 7) is 0. The number of hydrogen-bond donors (Lipinski definition) is 2. The molecule has 3 rings (SSSR count). The fraction of sp³-hybridized carbons (Fsp3) is 0.417. The molecule has 0 amide bonds. The molecule has 0 spiro atoms. The first-order valence-electron chi connectivity index (χ1n) is 6.30. The van der Waals surface area contributed by atoms with Gasteiger partial charge in [0.25, 0.3) is 0 Å². The molecule has 0 unspecified atom stereocenters. The average molecular weight is 317 g/mol. The van der Waals surface area contributed by atoms with Gasteiger partial charge in [0.05, 0.1) is 23.9 Å². The number of carbonyl (C=O) groups is 1. The van der Waals surface area contributed by atoms with Crippen LogP contribution < -0.4 is 0 Å². The number of aromatic nitrogens is 3. The molecule has 0 atom stereocenters. The number of alkyl halides is 3. The lowest BCUT2D eigenvalue weighted by atomic mass is 9.89. The standard InChI is InChI=1S/C12H10F3N3O4/c13-12(14,15)10-7(9-8(11(20)21)4-22-17-9)3-16-18(10)5-1-6(19)2-5/h3-6,19H,1-2H2,(H,20,21). The van der Waals surface area contributed by atoms with Crippen LogP contribution in [0.2, 0.25) is 0 Å². The van der Waals surface area contributed by atoms with Gasteiger partial charge in [-0.3, -0.25) is 4.68 Å². The average Bonchev–Trinajstić information content (AvgIpc) is 2.99. The van der Waals surface area contributed by atoms with Gasteiger partial charge in [-0.1, -0.05) is 5.16 Å². The summed E-state index contributed by atoms with van der Waals surface area (Å²) in [5.74, 6) is -1.45. The van der Waals surface area contributed by atoms with E-state index in [9.17, 15) is 23.1 Å². The van der Waals surface area contributed by atoms with Crippen molar-refractivity contribution in [2.45, 2.75) is 31.2 Å². The van der Waals surface area contributed by atoms with Crippen LogP contribution in [0.4, 0.5) is 13.2 Å². The summed E-state index contributed by atoms with van der Waals surface area (Å²) in [6.07, 6.45) is -3.40. The summed E-state index contributed by atoms with van der Waals surface area (Å²) in [5, 5.41) is 25.3. The fourth-order valence-electron chi connectivity index (χ4n) is 2.44. The third-order valence-corrected chi connectivity index (χ3v) is 3.55. The van der Waals surface area contributed by atoms with E-state index in [1.54, 1.807) is 0 Å². The molecule has 10 heteroatoms.